The Labute approximate surface area is 147 Å². The van der Waals surface area contributed by atoms with Crippen LogP contribution in [0.4, 0.5) is 0 Å². The summed E-state index contributed by atoms with van der Waals surface area (Å²) in [4.78, 5) is 11.8. The van der Waals surface area contributed by atoms with Gasteiger partial charge in [0.15, 0.2) is 5.75 Å². The summed E-state index contributed by atoms with van der Waals surface area (Å²) in [6.45, 7) is 14.9. The first-order chi connectivity index (χ1) is 11.0. The second-order valence-corrected chi connectivity index (χ2v) is 12.4. The molecule has 1 aromatic rings. The van der Waals surface area contributed by atoms with Gasteiger partial charge in [-0.15, -0.1) is 0 Å². The zero-order valence-electron chi connectivity index (χ0n) is 16.2. The van der Waals surface area contributed by atoms with Crippen molar-refractivity contribution in [2.75, 3.05) is 7.11 Å². The first kappa shape index (κ1) is 20.3. The van der Waals surface area contributed by atoms with E-state index in [1.165, 1.54) is 0 Å². The van der Waals surface area contributed by atoms with Gasteiger partial charge in [-0.3, -0.25) is 4.79 Å². The van der Waals surface area contributed by atoms with Gasteiger partial charge < -0.3 is 9.16 Å². The Morgan fingerprint density at radius 1 is 1.25 bits per heavy atom. The van der Waals surface area contributed by atoms with Crippen molar-refractivity contribution in [3.05, 3.63) is 23.8 Å². The molecule has 0 amide bonds. The van der Waals surface area contributed by atoms with Crippen molar-refractivity contribution >= 4 is 14.1 Å². The molecule has 132 valence electrons. The first-order valence-corrected chi connectivity index (χ1v) is 11.4. The van der Waals surface area contributed by atoms with Crippen LogP contribution in [0.5, 0.6) is 11.5 Å². The summed E-state index contributed by atoms with van der Waals surface area (Å²) in [6.07, 6.45) is 0.802. The highest BCUT2D eigenvalue weighted by Gasteiger charge is 2.39. The van der Waals surface area contributed by atoms with Crippen LogP contribution in [0.25, 0.3) is 0 Å². The monoisotopic (exact) mass is 346 g/mol. The predicted octanol–water partition coefficient (Wildman–Crippen LogP) is 5.05. The Hall–Kier alpha value is -1.73. The van der Waals surface area contributed by atoms with E-state index in [-0.39, 0.29) is 16.7 Å². The molecule has 1 rings (SSSR count). The number of ether oxygens (including phenoxy) is 1. The van der Waals surface area contributed by atoms with Gasteiger partial charge in [-0.05, 0) is 48.7 Å². The summed E-state index contributed by atoms with van der Waals surface area (Å²) < 4.78 is 11.8. The van der Waals surface area contributed by atoms with Crippen molar-refractivity contribution in [3.63, 3.8) is 0 Å². The number of hydrogen-bond donors (Lipinski definition) is 0. The zero-order chi connectivity index (χ0) is 18.5. The predicted molar refractivity (Wildman–Crippen MR) is 102 cm³/mol. The third-order valence-corrected chi connectivity index (χ3v) is 9.07. The van der Waals surface area contributed by atoms with E-state index in [1.807, 2.05) is 32.0 Å². The number of Topliss-reactive ketones (excluding diaryl/α,β-unsaturated/α-hetero) is 1. The molecular weight excluding hydrogens is 316 g/mol. The van der Waals surface area contributed by atoms with E-state index in [0.717, 1.165) is 17.7 Å². The van der Waals surface area contributed by atoms with E-state index in [0.29, 0.717) is 5.75 Å². The van der Waals surface area contributed by atoms with Crippen molar-refractivity contribution in [3.8, 4) is 23.3 Å². The van der Waals surface area contributed by atoms with E-state index in [2.05, 4.69) is 45.7 Å². The average Bonchev–Trinajstić information content (AvgIpc) is 2.51. The van der Waals surface area contributed by atoms with Gasteiger partial charge in [0, 0.05) is 11.5 Å². The molecule has 24 heavy (non-hydrogen) atoms. The maximum atomic E-state index is 11.8. The van der Waals surface area contributed by atoms with Crippen molar-refractivity contribution < 1.29 is 14.0 Å². The first-order valence-electron chi connectivity index (χ1n) is 8.44. The standard InChI is InChI=1S/C20H30O3Si/c1-9-15(2)17(21)12-10-16-11-13-18(19(14-16)22-6)23-24(7,8)20(3,4)5/h11,13-15H,9H2,1-8H3. The van der Waals surface area contributed by atoms with Crippen molar-refractivity contribution in [1.82, 2.24) is 0 Å². The molecular formula is C20H30O3Si. The molecule has 1 atom stereocenters. The largest absolute Gasteiger partial charge is 0.541 e. The fourth-order valence-corrected chi connectivity index (χ4v) is 2.72. The topological polar surface area (TPSA) is 35.5 Å². The highest BCUT2D eigenvalue weighted by molar-refractivity contribution is 6.74. The van der Waals surface area contributed by atoms with Gasteiger partial charge in [0.1, 0.15) is 5.75 Å². The quantitative estimate of drug-likeness (QED) is 0.553. The molecule has 0 aliphatic rings. The second kappa shape index (κ2) is 7.89. The number of carbonyl (C=O) groups is 1. The number of carbonyl (C=O) groups excluding carboxylic acids is 1. The second-order valence-electron chi connectivity index (χ2n) is 7.65. The van der Waals surface area contributed by atoms with Gasteiger partial charge in [0.05, 0.1) is 7.11 Å². The highest BCUT2D eigenvalue weighted by atomic mass is 28.4. The lowest BCUT2D eigenvalue weighted by Gasteiger charge is -2.36. The van der Waals surface area contributed by atoms with E-state index in [9.17, 15) is 4.79 Å². The Balaban J connectivity index is 3.06. The lowest BCUT2D eigenvalue weighted by atomic mass is 10.0. The molecule has 0 saturated heterocycles. The lowest BCUT2D eigenvalue weighted by Crippen LogP contribution is -2.43. The fourth-order valence-electron chi connectivity index (χ4n) is 1.70. The molecule has 0 aromatic heterocycles. The van der Waals surface area contributed by atoms with Crippen LogP contribution in [0.3, 0.4) is 0 Å². The minimum Gasteiger partial charge on any atom is -0.541 e. The van der Waals surface area contributed by atoms with E-state index in [1.54, 1.807) is 7.11 Å². The summed E-state index contributed by atoms with van der Waals surface area (Å²) in [6, 6.07) is 5.60. The summed E-state index contributed by atoms with van der Waals surface area (Å²) >= 11 is 0. The molecule has 0 fully saturated rings. The number of hydrogen-bond acceptors (Lipinski definition) is 3. The Kier molecular flexibility index (Phi) is 6.68. The molecule has 0 N–H and O–H groups in total. The van der Waals surface area contributed by atoms with E-state index >= 15 is 0 Å². The van der Waals surface area contributed by atoms with Crippen LogP contribution in [0.1, 0.15) is 46.6 Å². The molecule has 0 heterocycles. The SMILES string of the molecule is CCC(C)C(=O)C#Cc1ccc(O[Si](C)(C)C(C)(C)C)c(OC)c1. The van der Waals surface area contributed by atoms with Crippen LogP contribution < -0.4 is 9.16 Å². The molecule has 0 saturated carbocycles. The van der Waals surface area contributed by atoms with Crippen molar-refractivity contribution in [2.24, 2.45) is 5.92 Å². The molecule has 0 aliphatic heterocycles. The van der Waals surface area contributed by atoms with Gasteiger partial charge in [0.2, 0.25) is 5.78 Å². The molecule has 0 aliphatic carbocycles. The Morgan fingerprint density at radius 3 is 2.38 bits per heavy atom. The number of benzene rings is 1. The van der Waals surface area contributed by atoms with Gasteiger partial charge in [-0.25, -0.2) is 0 Å². The van der Waals surface area contributed by atoms with Crippen LogP contribution in [0, 0.1) is 17.8 Å². The zero-order valence-corrected chi connectivity index (χ0v) is 17.2. The van der Waals surface area contributed by atoms with Crippen LogP contribution in [0.15, 0.2) is 18.2 Å². The minimum absolute atomic E-state index is 0.0272. The van der Waals surface area contributed by atoms with Crippen LogP contribution in [0.2, 0.25) is 18.1 Å². The normalized spacial score (nSPS) is 12.8. The third-order valence-electron chi connectivity index (χ3n) is 4.72. The molecule has 0 radical (unpaired) electrons. The van der Waals surface area contributed by atoms with Gasteiger partial charge >= 0.3 is 0 Å². The summed E-state index contributed by atoms with van der Waals surface area (Å²) in [5.74, 6) is 6.98. The van der Waals surface area contributed by atoms with E-state index in [4.69, 9.17) is 9.16 Å². The number of ketones is 1. The Morgan fingerprint density at radius 2 is 1.88 bits per heavy atom. The molecule has 0 spiro atoms. The smallest absolute Gasteiger partial charge is 0.250 e. The fraction of sp³-hybridized carbons (Fsp3) is 0.550. The summed E-state index contributed by atoms with van der Waals surface area (Å²) in [7, 11) is -0.317. The average molecular weight is 347 g/mol. The van der Waals surface area contributed by atoms with Crippen LogP contribution in [-0.2, 0) is 4.79 Å². The molecule has 1 unspecified atom stereocenters. The van der Waals surface area contributed by atoms with Crippen LogP contribution >= 0.6 is 0 Å². The number of rotatable bonds is 5. The molecule has 0 bridgehead atoms. The van der Waals surface area contributed by atoms with Crippen molar-refractivity contribution in [1.29, 1.82) is 0 Å². The summed E-state index contributed by atoms with van der Waals surface area (Å²) in [5, 5.41) is 0.110. The van der Waals surface area contributed by atoms with Gasteiger partial charge in [-0.1, -0.05) is 40.5 Å². The van der Waals surface area contributed by atoms with E-state index < -0.39 is 8.32 Å². The van der Waals surface area contributed by atoms with Crippen molar-refractivity contribution in [2.45, 2.75) is 59.2 Å². The van der Waals surface area contributed by atoms with Crippen LogP contribution in [-0.4, -0.2) is 21.2 Å². The molecule has 4 heteroatoms. The summed E-state index contributed by atoms with van der Waals surface area (Å²) in [5.41, 5.74) is 0.756. The highest BCUT2D eigenvalue weighted by Crippen LogP contribution is 2.40. The van der Waals surface area contributed by atoms with Gasteiger partial charge in [0.25, 0.3) is 8.32 Å². The maximum Gasteiger partial charge on any atom is 0.250 e. The Bertz CT molecular complexity index is 645. The third kappa shape index (κ3) is 5.14. The molecule has 3 nitrogen and oxygen atoms in total. The number of methoxy groups -OCH3 is 1. The minimum atomic E-state index is -1.94. The molecule has 1 aromatic carbocycles. The lowest BCUT2D eigenvalue weighted by molar-refractivity contribution is -0.116. The van der Waals surface area contributed by atoms with Gasteiger partial charge in [-0.2, -0.15) is 0 Å². The maximum absolute atomic E-state index is 11.8.